The predicted molar refractivity (Wildman–Crippen MR) is 91.2 cm³/mol. The summed E-state index contributed by atoms with van der Waals surface area (Å²) in [6, 6.07) is 7.37. The minimum absolute atomic E-state index is 0.00754. The molecule has 0 radical (unpaired) electrons. The van der Waals surface area contributed by atoms with Gasteiger partial charge in [0.15, 0.2) is 0 Å². The van der Waals surface area contributed by atoms with Crippen molar-refractivity contribution in [3.8, 4) is 5.75 Å². The van der Waals surface area contributed by atoms with E-state index in [9.17, 15) is 9.59 Å². The van der Waals surface area contributed by atoms with Gasteiger partial charge in [-0.2, -0.15) is 0 Å². The normalized spacial score (nSPS) is 15.2. The molecule has 0 saturated carbocycles. The fourth-order valence-electron chi connectivity index (χ4n) is 2.76. The highest BCUT2D eigenvalue weighted by atomic mass is 16.5. The lowest BCUT2D eigenvalue weighted by Gasteiger charge is -2.32. The highest BCUT2D eigenvalue weighted by Gasteiger charge is 2.24. The SMILES string of the molecule is CCOc1ccc(C(=O)N2CCC(NC(=O)CCOC)CC2)cc1. The molecule has 0 spiro atoms. The summed E-state index contributed by atoms with van der Waals surface area (Å²) in [6.45, 7) is 4.28. The number of carbonyl (C=O) groups is 2. The van der Waals surface area contributed by atoms with Crippen molar-refractivity contribution in [2.24, 2.45) is 0 Å². The molecule has 1 aliphatic rings. The van der Waals surface area contributed by atoms with Gasteiger partial charge in [-0.05, 0) is 44.0 Å². The van der Waals surface area contributed by atoms with Gasteiger partial charge < -0.3 is 19.7 Å². The summed E-state index contributed by atoms with van der Waals surface area (Å²) in [5.74, 6) is 0.807. The van der Waals surface area contributed by atoms with Crippen LogP contribution in [0.4, 0.5) is 0 Å². The molecule has 1 aromatic carbocycles. The van der Waals surface area contributed by atoms with Gasteiger partial charge >= 0.3 is 0 Å². The third-order valence-corrected chi connectivity index (χ3v) is 4.09. The van der Waals surface area contributed by atoms with Crippen LogP contribution in [-0.2, 0) is 9.53 Å². The maximum atomic E-state index is 12.5. The minimum Gasteiger partial charge on any atom is -0.494 e. The maximum absolute atomic E-state index is 12.5. The number of benzene rings is 1. The third kappa shape index (κ3) is 5.23. The van der Waals surface area contributed by atoms with Crippen molar-refractivity contribution in [2.75, 3.05) is 33.4 Å². The fourth-order valence-corrected chi connectivity index (χ4v) is 2.76. The summed E-state index contributed by atoms with van der Waals surface area (Å²) in [5, 5.41) is 3.00. The largest absolute Gasteiger partial charge is 0.494 e. The molecule has 6 heteroatoms. The van der Waals surface area contributed by atoms with Crippen LogP contribution in [0.5, 0.6) is 5.75 Å². The first-order valence-electron chi connectivity index (χ1n) is 8.44. The van der Waals surface area contributed by atoms with Crippen LogP contribution in [0.3, 0.4) is 0 Å². The number of likely N-dealkylation sites (tertiary alicyclic amines) is 1. The van der Waals surface area contributed by atoms with Crippen LogP contribution in [0.15, 0.2) is 24.3 Å². The van der Waals surface area contributed by atoms with Gasteiger partial charge in [0.25, 0.3) is 5.91 Å². The van der Waals surface area contributed by atoms with Crippen molar-refractivity contribution in [3.05, 3.63) is 29.8 Å². The zero-order valence-electron chi connectivity index (χ0n) is 14.4. The molecule has 1 saturated heterocycles. The smallest absolute Gasteiger partial charge is 0.253 e. The average molecular weight is 334 g/mol. The molecule has 1 aromatic rings. The number of methoxy groups -OCH3 is 1. The Morgan fingerprint density at radius 2 is 1.88 bits per heavy atom. The number of hydrogen-bond acceptors (Lipinski definition) is 4. The van der Waals surface area contributed by atoms with E-state index in [-0.39, 0.29) is 17.9 Å². The Balaban J connectivity index is 1.80. The van der Waals surface area contributed by atoms with E-state index >= 15 is 0 Å². The molecule has 2 rings (SSSR count). The van der Waals surface area contributed by atoms with Crippen molar-refractivity contribution >= 4 is 11.8 Å². The van der Waals surface area contributed by atoms with Crippen LogP contribution >= 0.6 is 0 Å². The lowest BCUT2D eigenvalue weighted by Crippen LogP contribution is -2.46. The molecule has 0 unspecified atom stereocenters. The Morgan fingerprint density at radius 1 is 1.21 bits per heavy atom. The Bertz CT molecular complexity index is 536. The van der Waals surface area contributed by atoms with Crippen LogP contribution in [0, 0.1) is 0 Å². The lowest BCUT2D eigenvalue weighted by molar-refractivity contribution is -0.122. The van der Waals surface area contributed by atoms with Gasteiger partial charge in [-0.25, -0.2) is 0 Å². The number of nitrogens with one attached hydrogen (secondary N) is 1. The average Bonchev–Trinajstić information content (AvgIpc) is 2.61. The first-order chi connectivity index (χ1) is 11.6. The van der Waals surface area contributed by atoms with E-state index in [1.54, 1.807) is 19.2 Å². The molecular formula is C18H26N2O4. The number of amides is 2. The monoisotopic (exact) mass is 334 g/mol. The van der Waals surface area contributed by atoms with E-state index in [2.05, 4.69) is 5.32 Å². The van der Waals surface area contributed by atoms with Gasteiger partial charge in [0, 0.05) is 38.2 Å². The number of nitrogens with zero attached hydrogens (tertiary/aromatic N) is 1. The van der Waals surface area contributed by atoms with Gasteiger partial charge in [-0.3, -0.25) is 9.59 Å². The molecule has 6 nitrogen and oxygen atoms in total. The van der Waals surface area contributed by atoms with Gasteiger partial charge in [0.2, 0.25) is 5.91 Å². The molecule has 0 aliphatic carbocycles. The predicted octanol–water partition coefficient (Wildman–Crippen LogP) is 1.84. The summed E-state index contributed by atoms with van der Waals surface area (Å²) in [5.41, 5.74) is 0.668. The number of ether oxygens (including phenoxy) is 2. The Labute approximate surface area is 143 Å². The highest BCUT2D eigenvalue weighted by Crippen LogP contribution is 2.17. The molecule has 1 heterocycles. The Morgan fingerprint density at radius 3 is 2.46 bits per heavy atom. The number of hydrogen-bond donors (Lipinski definition) is 1. The van der Waals surface area contributed by atoms with E-state index in [1.807, 2.05) is 24.0 Å². The van der Waals surface area contributed by atoms with E-state index in [0.717, 1.165) is 18.6 Å². The molecule has 1 aliphatic heterocycles. The van der Waals surface area contributed by atoms with Crippen molar-refractivity contribution in [3.63, 3.8) is 0 Å². The molecule has 0 atom stereocenters. The number of rotatable bonds is 7. The fraction of sp³-hybridized carbons (Fsp3) is 0.556. The molecular weight excluding hydrogens is 308 g/mol. The van der Waals surface area contributed by atoms with Gasteiger partial charge in [-0.15, -0.1) is 0 Å². The molecule has 0 bridgehead atoms. The Hall–Kier alpha value is -2.08. The summed E-state index contributed by atoms with van der Waals surface area (Å²) in [4.78, 5) is 26.1. The van der Waals surface area contributed by atoms with Gasteiger partial charge in [-0.1, -0.05) is 0 Å². The third-order valence-electron chi connectivity index (χ3n) is 4.09. The first-order valence-corrected chi connectivity index (χ1v) is 8.44. The number of piperidine rings is 1. The van der Waals surface area contributed by atoms with Crippen LogP contribution in [-0.4, -0.2) is 56.2 Å². The molecule has 0 aromatic heterocycles. The van der Waals surface area contributed by atoms with Crippen molar-refractivity contribution < 1.29 is 19.1 Å². The highest BCUT2D eigenvalue weighted by molar-refractivity contribution is 5.94. The zero-order chi connectivity index (χ0) is 17.4. The molecule has 2 amide bonds. The van der Waals surface area contributed by atoms with Crippen molar-refractivity contribution in [1.29, 1.82) is 0 Å². The van der Waals surface area contributed by atoms with Gasteiger partial charge in [0.1, 0.15) is 5.75 Å². The van der Waals surface area contributed by atoms with Crippen LogP contribution in [0.25, 0.3) is 0 Å². The summed E-state index contributed by atoms with van der Waals surface area (Å²) < 4.78 is 10.3. The molecule has 132 valence electrons. The summed E-state index contributed by atoms with van der Waals surface area (Å²) in [7, 11) is 1.58. The lowest BCUT2D eigenvalue weighted by atomic mass is 10.0. The second kappa shape index (κ2) is 9.27. The Kier molecular flexibility index (Phi) is 7.06. The van der Waals surface area contributed by atoms with Crippen LogP contribution < -0.4 is 10.1 Å². The summed E-state index contributed by atoms with van der Waals surface area (Å²) >= 11 is 0. The van der Waals surface area contributed by atoms with Crippen LogP contribution in [0.1, 0.15) is 36.5 Å². The summed E-state index contributed by atoms with van der Waals surface area (Å²) in [6.07, 6.45) is 1.94. The topological polar surface area (TPSA) is 67.9 Å². The standard InChI is InChI=1S/C18H26N2O4/c1-3-24-16-6-4-14(5-7-16)18(22)20-11-8-15(9-12-20)19-17(21)10-13-23-2/h4-7,15H,3,8-13H2,1-2H3,(H,19,21). The quantitative estimate of drug-likeness (QED) is 0.826. The van der Waals surface area contributed by atoms with Crippen LogP contribution in [0.2, 0.25) is 0 Å². The van der Waals surface area contributed by atoms with Crippen molar-refractivity contribution in [1.82, 2.24) is 10.2 Å². The minimum atomic E-state index is 0.00754. The second-order valence-corrected chi connectivity index (χ2v) is 5.83. The van der Waals surface area contributed by atoms with E-state index in [0.29, 0.717) is 38.3 Å². The second-order valence-electron chi connectivity index (χ2n) is 5.83. The van der Waals surface area contributed by atoms with E-state index in [4.69, 9.17) is 9.47 Å². The zero-order valence-corrected chi connectivity index (χ0v) is 14.4. The molecule has 24 heavy (non-hydrogen) atoms. The number of carbonyl (C=O) groups excluding carboxylic acids is 2. The van der Waals surface area contributed by atoms with Gasteiger partial charge in [0.05, 0.1) is 13.2 Å². The first kappa shape index (κ1) is 18.3. The van der Waals surface area contributed by atoms with E-state index < -0.39 is 0 Å². The molecule has 1 fully saturated rings. The van der Waals surface area contributed by atoms with E-state index in [1.165, 1.54) is 0 Å². The van der Waals surface area contributed by atoms with Crippen molar-refractivity contribution in [2.45, 2.75) is 32.2 Å². The maximum Gasteiger partial charge on any atom is 0.253 e. The molecule has 1 N–H and O–H groups in total.